The Labute approximate surface area is 145 Å². The number of carbonyl (C=O) groups excluding carboxylic acids is 1. The van der Waals surface area contributed by atoms with Crippen molar-refractivity contribution in [3.05, 3.63) is 53.3 Å². The van der Waals surface area contributed by atoms with Crippen LogP contribution >= 0.6 is 11.6 Å². The van der Waals surface area contributed by atoms with Gasteiger partial charge in [0.2, 0.25) is 0 Å². The molecule has 0 fully saturated rings. The van der Waals surface area contributed by atoms with Crippen LogP contribution in [0.2, 0.25) is 5.15 Å². The number of hydrogen-bond acceptors (Lipinski definition) is 5. The molecule has 0 aliphatic carbocycles. The van der Waals surface area contributed by atoms with E-state index < -0.39 is 16.0 Å². The second-order valence-corrected chi connectivity index (χ2v) is 6.97. The Hall–Kier alpha value is -2.12. The summed E-state index contributed by atoms with van der Waals surface area (Å²) in [5.74, 6) is -0.437. The van der Waals surface area contributed by atoms with Crippen molar-refractivity contribution < 1.29 is 17.9 Å². The van der Waals surface area contributed by atoms with Gasteiger partial charge in [0, 0.05) is 11.9 Å². The number of benzene rings is 1. The molecule has 1 aromatic carbocycles. The van der Waals surface area contributed by atoms with Crippen LogP contribution in [-0.4, -0.2) is 26.0 Å². The molecular formula is C16H17ClN2O4S. The maximum absolute atomic E-state index is 12.3. The monoisotopic (exact) mass is 368 g/mol. The van der Waals surface area contributed by atoms with Crippen molar-refractivity contribution in [1.82, 2.24) is 4.98 Å². The van der Waals surface area contributed by atoms with Gasteiger partial charge in [0.25, 0.3) is 10.0 Å². The molecule has 0 amide bonds. The normalized spacial score (nSPS) is 11.1. The zero-order chi connectivity index (χ0) is 17.6. The van der Waals surface area contributed by atoms with Crippen molar-refractivity contribution in [2.45, 2.75) is 24.7 Å². The van der Waals surface area contributed by atoms with E-state index in [4.69, 9.17) is 16.3 Å². The predicted octanol–water partition coefficient (Wildman–Crippen LogP) is 3.49. The minimum atomic E-state index is -3.86. The van der Waals surface area contributed by atoms with Crippen LogP contribution in [0.1, 0.15) is 30.1 Å². The maximum Gasteiger partial charge on any atom is 0.338 e. The van der Waals surface area contributed by atoms with Crippen LogP contribution in [0.15, 0.2) is 47.5 Å². The molecule has 6 nitrogen and oxygen atoms in total. The van der Waals surface area contributed by atoms with Crippen molar-refractivity contribution in [2.24, 2.45) is 0 Å². The number of carbonyl (C=O) groups is 1. The van der Waals surface area contributed by atoms with Gasteiger partial charge in [-0.2, -0.15) is 0 Å². The lowest BCUT2D eigenvalue weighted by molar-refractivity contribution is 0.0500. The summed E-state index contributed by atoms with van der Waals surface area (Å²) in [6.45, 7) is 2.37. The van der Waals surface area contributed by atoms with Crippen LogP contribution in [-0.2, 0) is 14.8 Å². The average Bonchev–Trinajstić information content (AvgIpc) is 2.55. The topological polar surface area (TPSA) is 85.4 Å². The number of rotatable bonds is 7. The average molecular weight is 369 g/mol. The number of aromatic nitrogens is 1. The quantitative estimate of drug-likeness (QED) is 0.459. The fraction of sp³-hybridized carbons (Fsp3) is 0.250. The molecule has 0 spiro atoms. The van der Waals surface area contributed by atoms with Crippen molar-refractivity contribution in [3.8, 4) is 0 Å². The van der Waals surface area contributed by atoms with Gasteiger partial charge >= 0.3 is 5.97 Å². The first-order chi connectivity index (χ1) is 11.4. The van der Waals surface area contributed by atoms with Gasteiger partial charge in [0.1, 0.15) is 10.0 Å². The largest absolute Gasteiger partial charge is 0.462 e. The Morgan fingerprint density at radius 1 is 1.25 bits per heavy atom. The summed E-state index contributed by atoms with van der Waals surface area (Å²) in [5, 5.41) is -0.110. The van der Waals surface area contributed by atoms with Crippen molar-refractivity contribution >= 4 is 33.3 Å². The van der Waals surface area contributed by atoms with Gasteiger partial charge in [0.05, 0.1) is 12.2 Å². The molecule has 0 unspecified atom stereocenters. The highest BCUT2D eigenvalue weighted by atomic mass is 35.5. The first-order valence-electron chi connectivity index (χ1n) is 7.34. The summed E-state index contributed by atoms with van der Waals surface area (Å²) in [4.78, 5) is 15.4. The third-order valence-electron chi connectivity index (χ3n) is 3.12. The molecule has 0 saturated heterocycles. The molecule has 1 N–H and O–H groups in total. The summed E-state index contributed by atoms with van der Waals surface area (Å²) in [6.07, 6.45) is 3.14. The summed E-state index contributed by atoms with van der Waals surface area (Å²) >= 11 is 5.81. The number of nitrogens with one attached hydrogen (secondary N) is 1. The molecule has 1 heterocycles. The van der Waals surface area contributed by atoms with Crippen LogP contribution in [0.3, 0.4) is 0 Å². The lowest BCUT2D eigenvalue weighted by Crippen LogP contribution is -2.14. The third kappa shape index (κ3) is 4.69. The van der Waals surface area contributed by atoms with E-state index in [1.807, 2.05) is 6.92 Å². The Balaban J connectivity index is 2.09. The number of nitrogens with zero attached hydrogens (tertiary/aromatic N) is 1. The van der Waals surface area contributed by atoms with Gasteiger partial charge in [-0.15, -0.1) is 0 Å². The van der Waals surface area contributed by atoms with Gasteiger partial charge in [-0.1, -0.05) is 24.9 Å². The molecule has 1 aromatic heterocycles. The molecule has 0 atom stereocenters. The number of pyridine rings is 1. The molecule has 2 aromatic rings. The predicted molar refractivity (Wildman–Crippen MR) is 91.7 cm³/mol. The molecule has 0 radical (unpaired) electrons. The smallest absolute Gasteiger partial charge is 0.338 e. The van der Waals surface area contributed by atoms with E-state index in [0.29, 0.717) is 17.9 Å². The maximum atomic E-state index is 12.3. The number of ether oxygens (including phenoxy) is 1. The number of esters is 1. The molecule has 24 heavy (non-hydrogen) atoms. The van der Waals surface area contributed by atoms with Crippen LogP contribution in [0.4, 0.5) is 5.69 Å². The highest BCUT2D eigenvalue weighted by Gasteiger charge is 2.18. The van der Waals surface area contributed by atoms with Gasteiger partial charge in [-0.3, -0.25) is 4.72 Å². The van der Waals surface area contributed by atoms with E-state index >= 15 is 0 Å². The number of sulfonamides is 1. The zero-order valence-corrected chi connectivity index (χ0v) is 14.6. The van der Waals surface area contributed by atoms with Gasteiger partial charge in [-0.05, 0) is 42.8 Å². The van der Waals surface area contributed by atoms with Crippen molar-refractivity contribution in [2.75, 3.05) is 11.3 Å². The molecule has 0 aliphatic heterocycles. The van der Waals surface area contributed by atoms with Crippen molar-refractivity contribution in [3.63, 3.8) is 0 Å². The number of hydrogen-bond donors (Lipinski definition) is 1. The fourth-order valence-electron chi connectivity index (χ4n) is 1.85. The van der Waals surface area contributed by atoms with Gasteiger partial charge < -0.3 is 4.74 Å². The number of halogens is 1. The lowest BCUT2D eigenvalue weighted by Gasteiger charge is -2.09. The highest BCUT2D eigenvalue weighted by Crippen LogP contribution is 2.21. The SMILES string of the molecule is CCCCOC(=O)c1ccc(NS(=O)(=O)c2cccnc2Cl)cc1. The van der Waals surface area contributed by atoms with E-state index in [2.05, 4.69) is 9.71 Å². The van der Waals surface area contributed by atoms with Crippen LogP contribution in [0, 0.1) is 0 Å². The third-order valence-corrected chi connectivity index (χ3v) is 4.94. The zero-order valence-electron chi connectivity index (χ0n) is 13.0. The Bertz CT molecular complexity index is 807. The first kappa shape index (κ1) is 18.2. The Morgan fingerprint density at radius 3 is 2.58 bits per heavy atom. The van der Waals surface area contributed by atoms with E-state index in [1.165, 1.54) is 42.6 Å². The molecule has 2 rings (SSSR count). The number of unbranched alkanes of at least 4 members (excludes halogenated alkanes) is 1. The minimum Gasteiger partial charge on any atom is -0.462 e. The van der Waals surface area contributed by atoms with E-state index in [-0.39, 0.29) is 10.0 Å². The summed E-state index contributed by atoms with van der Waals surface area (Å²) < 4.78 is 32.1. The lowest BCUT2D eigenvalue weighted by atomic mass is 10.2. The standard InChI is InChI=1S/C16H17ClN2O4S/c1-2-3-11-23-16(20)12-6-8-13(9-7-12)19-24(21,22)14-5-4-10-18-15(14)17/h4-10,19H,2-3,11H2,1H3. The molecule has 8 heteroatoms. The Kier molecular flexibility index (Phi) is 6.16. The van der Waals surface area contributed by atoms with Crippen LogP contribution in [0.25, 0.3) is 0 Å². The molecule has 0 saturated carbocycles. The highest BCUT2D eigenvalue weighted by molar-refractivity contribution is 7.92. The molecule has 0 aliphatic rings. The minimum absolute atomic E-state index is 0.110. The fourth-order valence-corrected chi connectivity index (χ4v) is 3.36. The van der Waals surface area contributed by atoms with E-state index in [9.17, 15) is 13.2 Å². The first-order valence-corrected chi connectivity index (χ1v) is 9.20. The van der Waals surface area contributed by atoms with Gasteiger partial charge in [0.15, 0.2) is 0 Å². The molecule has 128 valence electrons. The number of anilines is 1. The second-order valence-electron chi connectivity index (χ2n) is 4.96. The summed E-state index contributed by atoms with van der Waals surface area (Å²) in [7, 11) is -3.86. The second kappa shape index (κ2) is 8.12. The Morgan fingerprint density at radius 2 is 1.96 bits per heavy atom. The van der Waals surface area contributed by atoms with Gasteiger partial charge in [-0.25, -0.2) is 18.2 Å². The van der Waals surface area contributed by atoms with Crippen LogP contribution in [0.5, 0.6) is 0 Å². The van der Waals surface area contributed by atoms with Crippen LogP contribution < -0.4 is 4.72 Å². The summed E-state index contributed by atoms with van der Waals surface area (Å²) in [6, 6.07) is 8.80. The summed E-state index contributed by atoms with van der Waals surface area (Å²) in [5.41, 5.74) is 0.661. The van der Waals surface area contributed by atoms with E-state index in [1.54, 1.807) is 0 Å². The molecular weight excluding hydrogens is 352 g/mol. The van der Waals surface area contributed by atoms with E-state index in [0.717, 1.165) is 12.8 Å². The molecule has 0 bridgehead atoms. The van der Waals surface area contributed by atoms with Crippen molar-refractivity contribution in [1.29, 1.82) is 0 Å².